The van der Waals surface area contributed by atoms with Crippen LogP contribution in [0.25, 0.3) is 0 Å². The number of amides is 1. The zero-order valence-corrected chi connectivity index (χ0v) is 13.3. The van der Waals surface area contributed by atoms with Gasteiger partial charge in [-0.1, -0.05) is 19.3 Å². The minimum Gasteiger partial charge on any atom is -0.336 e. The van der Waals surface area contributed by atoms with Crippen molar-refractivity contribution in [3.05, 3.63) is 33.7 Å². The maximum absolute atomic E-state index is 12.9. The van der Waals surface area contributed by atoms with Crippen molar-refractivity contribution in [3.8, 4) is 0 Å². The van der Waals surface area contributed by atoms with E-state index in [0.717, 1.165) is 31.6 Å². The van der Waals surface area contributed by atoms with E-state index in [-0.39, 0.29) is 17.5 Å². The van der Waals surface area contributed by atoms with Gasteiger partial charge in [-0.2, -0.15) is 0 Å². The van der Waals surface area contributed by atoms with E-state index in [4.69, 9.17) is 0 Å². The molecule has 1 N–H and O–H groups in total. The Morgan fingerprint density at radius 2 is 1.82 bits per heavy atom. The van der Waals surface area contributed by atoms with Gasteiger partial charge in [0.15, 0.2) is 0 Å². The van der Waals surface area contributed by atoms with Gasteiger partial charge in [0, 0.05) is 37.9 Å². The normalized spacial score (nSPS) is 20.1. The van der Waals surface area contributed by atoms with Crippen LogP contribution in [0.4, 0.5) is 0 Å². The molecule has 0 unspecified atom stereocenters. The number of rotatable bonds is 2. The molecule has 1 saturated heterocycles. The highest BCUT2D eigenvalue weighted by molar-refractivity contribution is 5.94. The second-order valence-corrected chi connectivity index (χ2v) is 6.40. The Bertz CT molecular complexity index is 596. The van der Waals surface area contributed by atoms with Crippen molar-refractivity contribution >= 4 is 5.91 Å². The van der Waals surface area contributed by atoms with Crippen LogP contribution in [0.15, 0.2) is 16.9 Å². The van der Waals surface area contributed by atoms with E-state index in [1.54, 1.807) is 11.0 Å². The molecule has 2 fully saturated rings. The molecule has 1 amide bonds. The predicted molar refractivity (Wildman–Crippen MR) is 86.3 cm³/mol. The Hall–Kier alpha value is -1.62. The fourth-order valence-corrected chi connectivity index (χ4v) is 3.64. The van der Waals surface area contributed by atoms with Crippen molar-refractivity contribution in [2.45, 2.75) is 45.1 Å². The van der Waals surface area contributed by atoms with E-state index < -0.39 is 0 Å². The highest BCUT2D eigenvalue weighted by Gasteiger charge is 2.24. The zero-order chi connectivity index (χ0) is 15.5. The molecule has 1 aromatic heterocycles. The van der Waals surface area contributed by atoms with E-state index in [1.165, 1.54) is 19.3 Å². The summed E-state index contributed by atoms with van der Waals surface area (Å²) in [6.07, 6.45) is 5.70. The molecule has 5 nitrogen and oxygen atoms in total. The molecular weight excluding hydrogens is 278 g/mol. The molecule has 0 spiro atoms. The number of piperazine rings is 1. The quantitative estimate of drug-likeness (QED) is 0.905. The van der Waals surface area contributed by atoms with Crippen molar-refractivity contribution in [2.75, 3.05) is 26.2 Å². The third-order valence-corrected chi connectivity index (χ3v) is 4.89. The van der Waals surface area contributed by atoms with Crippen LogP contribution in [0.2, 0.25) is 0 Å². The summed E-state index contributed by atoms with van der Waals surface area (Å²) in [7, 11) is 0. The average molecular weight is 303 g/mol. The second-order valence-electron chi connectivity index (χ2n) is 6.40. The third kappa shape index (κ3) is 2.95. The van der Waals surface area contributed by atoms with Crippen molar-refractivity contribution in [3.63, 3.8) is 0 Å². The Labute approximate surface area is 131 Å². The number of aromatic nitrogens is 1. The summed E-state index contributed by atoms with van der Waals surface area (Å²) in [5, 5.41) is 3.23. The maximum atomic E-state index is 12.9. The van der Waals surface area contributed by atoms with Crippen LogP contribution in [-0.2, 0) is 0 Å². The number of hydrogen-bond acceptors (Lipinski definition) is 3. The largest absolute Gasteiger partial charge is 0.336 e. The van der Waals surface area contributed by atoms with E-state index in [9.17, 15) is 9.59 Å². The molecule has 1 saturated carbocycles. The van der Waals surface area contributed by atoms with Crippen molar-refractivity contribution in [1.29, 1.82) is 0 Å². The van der Waals surface area contributed by atoms with Gasteiger partial charge in [-0.25, -0.2) is 0 Å². The third-order valence-electron chi connectivity index (χ3n) is 4.89. The van der Waals surface area contributed by atoms with Gasteiger partial charge < -0.3 is 14.8 Å². The lowest BCUT2D eigenvalue weighted by Gasteiger charge is -2.29. The summed E-state index contributed by atoms with van der Waals surface area (Å²) in [6, 6.07) is 3.89. The molecule has 2 heterocycles. The van der Waals surface area contributed by atoms with Gasteiger partial charge >= 0.3 is 0 Å². The van der Waals surface area contributed by atoms with Crippen molar-refractivity contribution < 1.29 is 4.79 Å². The summed E-state index contributed by atoms with van der Waals surface area (Å²) in [5.41, 5.74) is 1.20. The number of pyridine rings is 1. The highest BCUT2D eigenvalue weighted by Crippen LogP contribution is 2.28. The SMILES string of the molecule is Cc1ccc(C(=O)N2CCNCC2)c(=O)n1C1CCCCC1. The van der Waals surface area contributed by atoms with Crippen LogP contribution in [0.1, 0.15) is 54.2 Å². The summed E-state index contributed by atoms with van der Waals surface area (Å²) >= 11 is 0. The van der Waals surface area contributed by atoms with Gasteiger partial charge in [-0.05, 0) is 31.9 Å². The minimum absolute atomic E-state index is 0.101. The lowest BCUT2D eigenvalue weighted by atomic mass is 9.94. The summed E-state index contributed by atoms with van der Waals surface area (Å²) < 4.78 is 1.87. The molecule has 1 aliphatic heterocycles. The molecule has 3 rings (SSSR count). The van der Waals surface area contributed by atoms with E-state index >= 15 is 0 Å². The first-order chi connectivity index (χ1) is 10.7. The molecular formula is C17H25N3O2. The Morgan fingerprint density at radius 1 is 1.14 bits per heavy atom. The standard InChI is InChI=1S/C17H25N3O2/c1-13-7-8-15(16(21)19-11-9-18-10-12-19)17(22)20(13)14-5-3-2-4-6-14/h7-8,14,18H,2-6,9-12H2,1H3. The number of carbonyl (C=O) groups is 1. The van der Waals surface area contributed by atoms with Gasteiger partial charge in [0.1, 0.15) is 5.56 Å². The van der Waals surface area contributed by atoms with Gasteiger partial charge in [0.25, 0.3) is 11.5 Å². The zero-order valence-electron chi connectivity index (χ0n) is 13.3. The monoisotopic (exact) mass is 303 g/mol. The molecule has 120 valence electrons. The van der Waals surface area contributed by atoms with Crippen LogP contribution >= 0.6 is 0 Å². The van der Waals surface area contributed by atoms with Gasteiger partial charge in [0.2, 0.25) is 0 Å². The lowest BCUT2D eigenvalue weighted by Crippen LogP contribution is -2.48. The van der Waals surface area contributed by atoms with Crippen LogP contribution in [0, 0.1) is 6.92 Å². The molecule has 22 heavy (non-hydrogen) atoms. The van der Waals surface area contributed by atoms with Gasteiger partial charge in [-0.3, -0.25) is 9.59 Å². The first kappa shape index (κ1) is 15.3. The van der Waals surface area contributed by atoms with Crippen molar-refractivity contribution in [2.24, 2.45) is 0 Å². The maximum Gasteiger partial charge on any atom is 0.263 e. The summed E-state index contributed by atoms with van der Waals surface area (Å²) in [6.45, 7) is 4.92. The summed E-state index contributed by atoms with van der Waals surface area (Å²) in [5.74, 6) is -0.115. The minimum atomic E-state index is -0.115. The Balaban J connectivity index is 1.92. The molecule has 1 aliphatic carbocycles. The van der Waals surface area contributed by atoms with Crippen LogP contribution in [0.3, 0.4) is 0 Å². The molecule has 0 bridgehead atoms. The Morgan fingerprint density at radius 3 is 2.50 bits per heavy atom. The first-order valence-electron chi connectivity index (χ1n) is 8.40. The van der Waals surface area contributed by atoms with Crippen LogP contribution in [0.5, 0.6) is 0 Å². The van der Waals surface area contributed by atoms with Crippen LogP contribution < -0.4 is 10.9 Å². The van der Waals surface area contributed by atoms with Crippen molar-refractivity contribution in [1.82, 2.24) is 14.8 Å². The predicted octanol–water partition coefficient (Wildman–Crippen LogP) is 1.71. The van der Waals surface area contributed by atoms with E-state index in [0.29, 0.717) is 18.7 Å². The average Bonchev–Trinajstić information content (AvgIpc) is 2.56. The number of nitrogens with one attached hydrogen (secondary N) is 1. The fourth-order valence-electron chi connectivity index (χ4n) is 3.64. The number of hydrogen-bond donors (Lipinski definition) is 1. The molecule has 0 aromatic carbocycles. The molecule has 0 radical (unpaired) electrons. The second kappa shape index (κ2) is 6.65. The molecule has 0 atom stereocenters. The van der Waals surface area contributed by atoms with E-state index in [1.807, 2.05) is 17.6 Å². The van der Waals surface area contributed by atoms with Crippen LogP contribution in [-0.4, -0.2) is 41.6 Å². The first-order valence-corrected chi connectivity index (χ1v) is 8.40. The highest BCUT2D eigenvalue weighted by atomic mass is 16.2. The molecule has 5 heteroatoms. The van der Waals surface area contributed by atoms with E-state index in [2.05, 4.69) is 5.32 Å². The number of nitrogens with zero attached hydrogens (tertiary/aromatic N) is 2. The smallest absolute Gasteiger partial charge is 0.263 e. The van der Waals surface area contributed by atoms with Gasteiger partial charge in [-0.15, -0.1) is 0 Å². The lowest BCUT2D eigenvalue weighted by molar-refractivity contribution is 0.0733. The molecule has 2 aliphatic rings. The number of aryl methyl sites for hydroxylation is 1. The summed E-state index contributed by atoms with van der Waals surface area (Å²) in [4.78, 5) is 27.3. The fraction of sp³-hybridized carbons (Fsp3) is 0.647. The molecule has 1 aromatic rings. The number of carbonyl (C=O) groups excluding carboxylic acids is 1. The topological polar surface area (TPSA) is 54.3 Å². The van der Waals surface area contributed by atoms with Gasteiger partial charge in [0.05, 0.1) is 0 Å². The Kier molecular flexibility index (Phi) is 4.62.